The minimum absolute atomic E-state index is 0.00811. The standard InChI is InChI=1S/C18H18N4O4S/c1-2-26-17-9-8-15(12-16(17)18(19)23)27(24,25)21-13-4-6-14(7-5-13)22-11-3-10-20-22/h3-12,21H,2H2,1H3,(H2,19,23). The number of benzene rings is 2. The van der Waals surface area contributed by atoms with Crippen molar-refractivity contribution in [1.82, 2.24) is 9.78 Å². The van der Waals surface area contributed by atoms with Gasteiger partial charge in [0.05, 0.1) is 22.8 Å². The predicted molar refractivity (Wildman–Crippen MR) is 101 cm³/mol. The third-order valence-corrected chi connectivity index (χ3v) is 5.09. The van der Waals surface area contributed by atoms with Crippen LogP contribution in [-0.4, -0.2) is 30.7 Å². The van der Waals surface area contributed by atoms with Crippen molar-refractivity contribution in [2.45, 2.75) is 11.8 Å². The summed E-state index contributed by atoms with van der Waals surface area (Å²) in [5, 5.41) is 4.11. The van der Waals surface area contributed by atoms with E-state index in [1.54, 1.807) is 54.3 Å². The molecule has 8 nitrogen and oxygen atoms in total. The highest BCUT2D eigenvalue weighted by Crippen LogP contribution is 2.24. The normalized spacial score (nSPS) is 11.1. The van der Waals surface area contributed by atoms with Crippen LogP contribution in [0, 0.1) is 0 Å². The Morgan fingerprint density at radius 3 is 2.56 bits per heavy atom. The number of nitrogens with two attached hydrogens (primary N) is 1. The van der Waals surface area contributed by atoms with Crippen LogP contribution in [0.2, 0.25) is 0 Å². The number of primary amides is 1. The second-order valence-corrected chi connectivity index (χ2v) is 7.24. The van der Waals surface area contributed by atoms with Crippen molar-refractivity contribution < 1.29 is 17.9 Å². The number of nitrogens with zero attached hydrogens (tertiary/aromatic N) is 2. The van der Waals surface area contributed by atoms with E-state index in [1.165, 1.54) is 18.2 Å². The molecule has 0 atom stereocenters. The monoisotopic (exact) mass is 386 g/mol. The van der Waals surface area contributed by atoms with Crippen molar-refractivity contribution >= 4 is 21.6 Å². The molecule has 27 heavy (non-hydrogen) atoms. The van der Waals surface area contributed by atoms with Gasteiger partial charge in [-0.2, -0.15) is 5.10 Å². The molecule has 3 rings (SSSR count). The largest absolute Gasteiger partial charge is 0.493 e. The zero-order valence-electron chi connectivity index (χ0n) is 14.5. The number of aromatic nitrogens is 2. The van der Waals surface area contributed by atoms with Crippen LogP contribution in [0.4, 0.5) is 5.69 Å². The second-order valence-electron chi connectivity index (χ2n) is 5.56. The lowest BCUT2D eigenvalue weighted by Gasteiger charge is -2.12. The van der Waals surface area contributed by atoms with Crippen LogP contribution >= 0.6 is 0 Å². The fourth-order valence-corrected chi connectivity index (χ4v) is 3.55. The number of carbonyl (C=O) groups is 1. The Labute approximate surface area is 156 Å². The van der Waals surface area contributed by atoms with Gasteiger partial charge in [-0.3, -0.25) is 9.52 Å². The van der Waals surface area contributed by atoms with Gasteiger partial charge in [0.1, 0.15) is 5.75 Å². The summed E-state index contributed by atoms with van der Waals surface area (Å²) >= 11 is 0. The molecule has 2 aromatic carbocycles. The van der Waals surface area contributed by atoms with Crippen molar-refractivity contribution in [3.05, 3.63) is 66.5 Å². The summed E-state index contributed by atoms with van der Waals surface area (Å²) in [5.41, 5.74) is 6.51. The number of anilines is 1. The zero-order chi connectivity index (χ0) is 19.4. The maximum absolute atomic E-state index is 12.6. The van der Waals surface area contributed by atoms with Crippen LogP contribution in [0.15, 0.2) is 65.8 Å². The quantitative estimate of drug-likeness (QED) is 0.645. The van der Waals surface area contributed by atoms with E-state index in [0.717, 1.165) is 5.69 Å². The van der Waals surface area contributed by atoms with Crippen LogP contribution in [0.1, 0.15) is 17.3 Å². The van der Waals surface area contributed by atoms with Gasteiger partial charge in [0.25, 0.3) is 15.9 Å². The highest BCUT2D eigenvalue weighted by Gasteiger charge is 2.19. The zero-order valence-corrected chi connectivity index (χ0v) is 15.3. The molecule has 0 fully saturated rings. The Balaban J connectivity index is 1.86. The number of hydrogen-bond donors (Lipinski definition) is 2. The first-order chi connectivity index (χ1) is 12.9. The van der Waals surface area contributed by atoms with Crippen LogP contribution < -0.4 is 15.2 Å². The van der Waals surface area contributed by atoms with E-state index in [1.807, 2.05) is 0 Å². The molecule has 0 aliphatic carbocycles. The summed E-state index contributed by atoms with van der Waals surface area (Å²) in [5.74, 6) is -0.522. The third kappa shape index (κ3) is 4.09. The first-order valence-electron chi connectivity index (χ1n) is 8.10. The highest BCUT2D eigenvalue weighted by atomic mass is 32.2. The summed E-state index contributed by atoms with van der Waals surface area (Å²) in [6, 6.07) is 12.5. The Morgan fingerprint density at radius 1 is 1.22 bits per heavy atom. The van der Waals surface area contributed by atoms with E-state index in [9.17, 15) is 13.2 Å². The van der Waals surface area contributed by atoms with Gasteiger partial charge in [-0.15, -0.1) is 0 Å². The lowest BCUT2D eigenvalue weighted by Crippen LogP contribution is -2.17. The van der Waals surface area contributed by atoms with E-state index in [4.69, 9.17) is 10.5 Å². The fourth-order valence-electron chi connectivity index (χ4n) is 2.47. The maximum Gasteiger partial charge on any atom is 0.261 e. The molecule has 3 N–H and O–H groups in total. The van der Waals surface area contributed by atoms with Crippen molar-refractivity contribution in [3.63, 3.8) is 0 Å². The maximum atomic E-state index is 12.6. The molecule has 1 heterocycles. The molecule has 1 aromatic heterocycles. The molecule has 1 amide bonds. The molecule has 3 aromatic rings. The average Bonchev–Trinajstić information content (AvgIpc) is 3.17. The lowest BCUT2D eigenvalue weighted by atomic mass is 10.2. The molecule has 0 bridgehead atoms. The molecule has 0 unspecified atom stereocenters. The third-order valence-electron chi connectivity index (χ3n) is 3.72. The van der Waals surface area contributed by atoms with Gasteiger partial charge >= 0.3 is 0 Å². The average molecular weight is 386 g/mol. The Hall–Kier alpha value is -3.33. The van der Waals surface area contributed by atoms with Gasteiger partial charge in [-0.1, -0.05) is 0 Å². The van der Waals surface area contributed by atoms with Crippen LogP contribution in [0.25, 0.3) is 5.69 Å². The Morgan fingerprint density at radius 2 is 1.96 bits per heavy atom. The summed E-state index contributed by atoms with van der Waals surface area (Å²) in [4.78, 5) is 11.5. The van der Waals surface area contributed by atoms with Crippen LogP contribution in [0.3, 0.4) is 0 Å². The van der Waals surface area contributed by atoms with Gasteiger partial charge in [0, 0.05) is 18.1 Å². The number of rotatable bonds is 7. The fraction of sp³-hybridized carbons (Fsp3) is 0.111. The van der Waals surface area contributed by atoms with E-state index in [0.29, 0.717) is 12.3 Å². The minimum Gasteiger partial charge on any atom is -0.493 e. The highest BCUT2D eigenvalue weighted by molar-refractivity contribution is 7.92. The van der Waals surface area contributed by atoms with Crippen molar-refractivity contribution in [2.75, 3.05) is 11.3 Å². The van der Waals surface area contributed by atoms with Crippen LogP contribution in [0.5, 0.6) is 5.75 Å². The number of carbonyl (C=O) groups excluding carboxylic acids is 1. The van der Waals surface area contributed by atoms with E-state index in [-0.39, 0.29) is 16.2 Å². The molecular formula is C18H18N4O4S. The van der Waals surface area contributed by atoms with E-state index < -0.39 is 15.9 Å². The number of sulfonamides is 1. The van der Waals surface area contributed by atoms with Crippen molar-refractivity contribution in [1.29, 1.82) is 0 Å². The molecule has 0 spiro atoms. The Bertz CT molecular complexity index is 1050. The van der Waals surface area contributed by atoms with Gasteiger partial charge < -0.3 is 10.5 Å². The molecule has 0 saturated carbocycles. The van der Waals surface area contributed by atoms with Crippen molar-refractivity contribution in [3.8, 4) is 11.4 Å². The second kappa shape index (κ2) is 7.50. The molecule has 0 aliphatic rings. The molecule has 140 valence electrons. The van der Waals surface area contributed by atoms with Crippen molar-refractivity contribution in [2.24, 2.45) is 5.73 Å². The lowest BCUT2D eigenvalue weighted by molar-refractivity contribution is 0.0996. The minimum atomic E-state index is -3.90. The van der Waals surface area contributed by atoms with Gasteiger partial charge in [-0.05, 0) is 55.5 Å². The molecular weight excluding hydrogens is 368 g/mol. The van der Waals surface area contributed by atoms with Crippen LogP contribution in [-0.2, 0) is 10.0 Å². The van der Waals surface area contributed by atoms with Gasteiger partial charge in [0.2, 0.25) is 0 Å². The summed E-state index contributed by atoms with van der Waals surface area (Å²) < 4.78 is 34.7. The topological polar surface area (TPSA) is 116 Å². The first-order valence-corrected chi connectivity index (χ1v) is 9.58. The number of amides is 1. The number of ether oxygens (including phenoxy) is 1. The Kier molecular flexibility index (Phi) is 5.13. The molecule has 0 radical (unpaired) electrons. The number of nitrogens with one attached hydrogen (secondary N) is 1. The summed E-state index contributed by atoms with van der Waals surface area (Å²) in [6.07, 6.45) is 3.43. The molecule has 0 saturated heterocycles. The summed E-state index contributed by atoms with van der Waals surface area (Å²) in [6.45, 7) is 2.08. The smallest absolute Gasteiger partial charge is 0.261 e. The molecule has 9 heteroatoms. The molecule has 0 aliphatic heterocycles. The summed E-state index contributed by atoms with van der Waals surface area (Å²) in [7, 11) is -3.90. The predicted octanol–water partition coefficient (Wildman–Crippen LogP) is 2.17. The SMILES string of the molecule is CCOc1ccc(S(=O)(=O)Nc2ccc(-n3cccn3)cc2)cc1C(N)=O. The van der Waals surface area contributed by atoms with Gasteiger partial charge in [0.15, 0.2) is 0 Å². The van der Waals surface area contributed by atoms with Gasteiger partial charge in [-0.25, -0.2) is 13.1 Å². The number of hydrogen-bond acceptors (Lipinski definition) is 5. The van der Waals surface area contributed by atoms with E-state index >= 15 is 0 Å². The van der Waals surface area contributed by atoms with E-state index in [2.05, 4.69) is 9.82 Å². The first kappa shape index (κ1) is 18.5.